The number of carbonyl (C=O) groups is 1. The average Bonchev–Trinajstić information content (AvgIpc) is 2.55. The lowest BCUT2D eigenvalue weighted by atomic mass is 10.1. The number of aryl methyl sites for hydroxylation is 1. The summed E-state index contributed by atoms with van der Waals surface area (Å²) in [5.74, 6) is 0.341. The highest BCUT2D eigenvalue weighted by Gasteiger charge is 2.06. The largest absolute Gasteiger partial charge is 0.483 e. The van der Waals surface area contributed by atoms with Crippen LogP contribution in [0.5, 0.6) is 5.75 Å². The van der Waals surface area contributed by atoms with Gasteiger partial charge >= 0.3 is 0 Å². The molecule has 4 nitrogen and oxygen atoms in total. The zero-order valence-electron chi connectivity index (χ0n) is 13.2. The molecular weight excluding hydrogens is 356 g/mol. The SMILES string of the molecule is CCC(=NNC(=O)COc1ccc(C)cc1Br)c1ccccc1. The number of hydrogen-bond donors (Lipinski definition) is 1. The highest BCUT2D eigenvalue weighted by atomic mass is 79.9. The average molecular weight is 375 g/mol. The van der Waals surface area contributed by atoms with Gasteiger partial charge in [0.05, 0.1) is 10.2 Å². The van der Waals surface area contributed by atoms with Crippen LogP contribution < -0.4 is 10.2 Å². The quantitative estimate of drug-likeness (QED) is 0.611. The van der Waals surface area contributed by atoms with E-state index in [0.717, 1.165) is 27.7 Å². The minimum Gasteiger partial charge on any atom is -0.483 e. The first-order chi connectivity index (χ1) is 11.1. The van der Waals surface area contributed by atoms with E-state index < -0.39 is 0 Å². The normalized spacial score (nSPS) is 11.2. The van der Waals surface area contributed by atoms with Gasteiger partial charge in [0, 0.05) is 0 Å². The fourth-order valence-electron chi connectivity index (χ4n) is 2.01. The summed E-state index contributed by atoms with van der Waals surface area (Å²) in [6.45, 7) is 3.90. The molecule has 5 heteroatoms. The molecule has 1 amide bonds. The third-order valence-electron chi connectivity index (χ3n) is 3.20. The van der Waals surface area contributed by atoms with Crippen molar-refractivity contribution in [2.24, 2.45) is 5.10 Å². The molecule has 0 atom stereocenters. The number of hydrogen-bond acceptors (Lipinski definition) is 3. The maximum Gasteiger partial charge on any atom is 0.277 e. The maximum absolute atomic E-state index is 11.9. The Hall–Kier alpha value is -2.14. The van der Waals surface area contributed by atoms with Gasteiger partial charge in [0.1, 0.15) is 5.75 Å². The van der Waals surface area contributed by atoms with Crippen molar-refractivity contribution < 1.29 is 9.53 Å². The molecule has 0 saturated carbocycles. The Balaban J connectivity index is 1.92. The van der Waals surface area contributed by atoms with Gasteiger partial charge < -0.3 is 4.74 Å². The molecule has 23 heavy (non-hydrogen) atoms. The summed E-state index contributed by atoms with van der Waals surface area (Å²) in [5.41, 5.74) is 5.49. The van der Waals surface area contributed by atoms with E-state index in [2.05, 4.69) is 26.5 Å². The first-order valence-electron chi connectivity index (χ1n) is 7.40. The summed E-state index contributed by atoms with van der Waals surface area (Å²) >= 11 is 3.42. The number of carbonyl (C=O) groups excluding carboxylic acids is 1. The monoisotopic (exact) mass is 374 g/mol. The zero-order valence-corrected chi connectivity index (χ0v) is 14.8. The topological polar surface area (TPSA) is 50.7 Å². The van der Waals surface area contributed by atoms with Crippen molar-refractivity contribution in [1.29, 1.82) is 0 Å². The van der Waals surface area contributed by atoms with Crippen molar-refractivity contribution in [3.63, 3.8) is 0 Å². The van der Waals surface area contributed by atoms with Crippen LogP contribution in [-0.2, 0) is 4.79 Å². The Morgan fingerprint density at radius 3 is 2.61 bits per heavy atom. The lowest BCUT2D eigenvalue weighted by molar-refractivity contribution is -0.123. The number of nitrogens with one attached hydrogen (secondary N) is 1. The molecule has 0 aromatic heterocycles. The van der Waals surface area contributed by atoms with Gasteiger partial charge in [-0.05, 0) is 52.5 Å². The zero-order chi connectivity index (χ0) is 16.7. The number of ether oxygens (including phenoxy) is 1. The highest BCUT2D eigenvalue weighted by Crippen LogP contribution is 2.25. The molecule has 0 spiro atoms. The van der Waals surface area contributed by atoms with Crippen molar-refractivity contribution >= 4 is 27.5 Å². The summed E-state index contributed by atoms with van der Waals surface area (Å²) in [6, 6.07) is 15.5. The van der Waals surface area contributed by atoms with Crippen LogP contribution in [0.15, 0.2) is 58.1 Å². The molecule has 2 aromatic carbocycles. The van der Waals surface area contributed by atoms with E-state index in [0.29, 0.717) is 5.75 Å². The van der Waals surface area contributed by atoms with Crippen LogP contribution in [-0.4, -0.2) is 18.2 Å². The third kappa shape index (κ3) is 5.21. The summed E-state index contributed by atoms with van der Waals surface area (Å²) in [7, 11) is 0. The molecule has 0 unspecified atom stereocenters. The minimum absolute atomic E-state index is 0.0864. The van der Waals surface area contributed by atoms with Gasteiger partial charge in [-0.1, -0.05) is 43.3 Å². The molecule has 120 valence electrons. The Morgan fingerprint density at radius 2 is 1.96 bits per heavy atom. The smallest absolute Gasteiger partial charge is 0.277 e. The number of nitrogens with zero attached hydrogens (tertiary/aromatic N) is 1. The number of benzene rings is 2. The predicted molar refractivity (Wildman–Crippen MR) is 95.8 cm³/mol. The van der Waals surface area contributed by atoms with Gasteiger partial charge in [-0.2, -0.15) is 5.10 Å². The van der Waals surface area contributed by atoms with Crippen LogP contribution in [0, 0.1) is 6.92 Å². The van der Waals surface area contributed by atoms with Gasteiger partial charge in [0.15, 0.2) is 6.61 Å². The van der Waals surface area contributed by atoms with Crippen molar-refractivity contribution in [3.8, 4) is 5.75 Å². The minimum atomic E-state index is -0.292. The van der Waals surface area contributed by atoms with Crippen molar-refractivity contribution in [2.75, 3.05) is 6.61 Å². The number of amides is 1. The molecular formula is C18H19BrN2O2. The Kier molecular flexibility index (Phi) is 6.35. The first-order valence-corrected chi connectivity index (χ1v) is 8.19. The Bertz CT molecular complexity index is 699. The predicted octanol–water partition coefficient (Wildman–Crippen LogP) is 4.07. The summed E-state index contributed by atoms with van der Waals surface area (Å²) in [6.07, 6.45) is 0.731. The second kappa shape index (κ2) is 8.48. The van der Waals surface area contributed by atoms with E-state index >= 15 is 0 Å². The molecule has 0 fully saturated rings. The van der Waals surface area contributed by atoms with Crippen LogP contribution in [0.3, 0.4) is 0 Å². The molecule has 0 radical (unpaired) electrons. The van der Waals surface area contributed by atoms with Crippen LogP contribution in [0.2, 0.25) is 0 Å². The molecule has 2 aromatic rings. The summed E-state index contributed by atoms with van der Waals surface area (Å²) < 4.78 is 6.32. The van der Waals surface area contributed by atoms with E-state index in [1.165, 1.54) is 0 Å². The van der Waals surface area contributed by atoms with E-state index in [-0.39, 0.29) is 12.5 Å². The fourth-order valence-corrected chi connectivity index (χ4v) is 2.61. The van der Waals surface area contributed by atoms with E-state index in [1.54, 1.807) is 0 Å². The second-order valence-electron chi connectivity index (χ2n) is 5.04. The van der Waals surface area contributed by atoms with E-state index in [4.69, 9.17) is 4.74 Å². The second-order valence-corrected chi connectivity index (χ2v) is 5.89. The van der Waals surface area contributed by atoms with E-state index in [1.807, 2.05) is 62.4 Å². The van der Waals surface area contributed by atoms with Gasteiger partial charge in [-0.15, -0.1) is 0 Å². The van der Waals surface area contributed by atoms with Crippen LogP contribution >= 0.6 is 15.9 Å². The number of rotatable bonds is 6. The lowest BCUT2D eigenvalue weighted by Gasteiger charge is -2.08. The molecule has 0 heterocycles. The molecule has 0 aliphatic heterocycles. The standard InChI is InChI=1S/C18H19BrN2O2/c1-3-16(14-7-5-4-6-8-14)20-21-18(22)12-23-17-10-9-13(2)11-15(17)19/h4-11H,3,12H2,1-2H3,(H,21,22). The van der Waals surface area contributed by atoms with Gasteiger partial charge in [-0.3, -0.25) is 4.79 Å². The molecule has 0 aliphatic rings. The van der Waals surface area contributed by atoms with Crippen LogP contribution in [0.1, 0.15) is 24.5 Å². The Labute approximate surface area is 144 Å². The lowest BCUT2D eigenvalue weighted by Crippen LogP contribution is -2.26. The Morgan fingerprint density at radius 1 is 1.22 bits per heavy atom. The first kappa shape index (κ1) is 17.2. The molecule has 0 aliphatic carbocycles. The van der Waals surface area contributed by atoms with E-state index in [9.17, 15) is 4.79 Å². The van der Waals surface area contributed by atoms with Crippen LogP contribution in [0.4, 0.5) is 0 Å². The molecule has 1 N–H and O–H groups in total. The van der Waals surface area contributed by atoms with Crippen molar-refractivity contribution in [1.82, 2.24) is 5.43 Å². The van der Waals surface area contributed by atoms with Gasteiger partial charge in [0.25, 0.3) is 5.91 Å². The number of hydrazone groups is 1. The third-order valence-corrected chi connectivity index (χ3v) is 3.82. The summed E-state index contributed by atoms with van der Waals surface area (Å²) in [5, 5.41) is 4.19. The number of halogens is 1. The summed E-state index contributed by atoms with van der Waals surface area (Å²) in [4.78, 5) is 11.9. The fraction of sp³-hybridized carbons (Fsp3) is 0.222. The molecule has 0 saturated heterocycles. The van der Waals surface area contributed by atoms with Crippen molar-refractivity contribution in [2.45, 2.75) is 20.3 Å². The van der Waals surface area contributed by atoms with Crippen molar-refractivity contribution in [3.05, 3.63) is 64.1 Å². The highest BCUT2D eigenvalue weighted by molar-refractivity contribution is 9.10. The van der Waals surface area contributed by atoms with Crippen LogP contribution in [0.25, 0.3) is 0 Å². The van der Waals surface area contributed by atoms with Gasteiger partial charge in [-0.25, -0.2) is 5.43 Å². The molecule has 2 rings (SSSR count). The van der Waals surface area contributed by atoms with Gasteiger partial charge in [0.2, 0.25) is 0 Å². The molecule has 0 bridgehead atoms. The maximum atomic E-state index is 11.9.